The number of carbonyl (C=O) groups is 2. The average Bonchev–Trinajstić information content (AvgIpc) is 3.10. The van der Waals surface area contributed by atoms with Gasteiger partial charge in [-0.15, -0.1) is 0 Å². The number of methoxy groups -OCH3 is 2. The Balaban J connectivity index is 0.000000580. The van der Waals surface area contributed by atoms with Gasteiger partial charge in [-0.3, -0.25) is 9.59 Å². The van der Waals surface area contributed by atoms with Gasteiger partial charge in [0.1, 0.15) is 0 Å². The number of unbranched alkanes of at least 4 members (excludes halogenated alkanes) is 2. The zero-order valence-corrected chi connectivity index (χ0v) is 36.0. The van der Waals surface area contributed by atoms with E-state index in [1.165, 1.54) is 7.11 Å². The Hall–Kier alpha value is -3.96. The van der Waals surface area contributed by atoms with E-state index >= 15 is 0 Å². The number of hydrogen-bond donors (Lipinski definition) is 6. The number of aliphatic hydroxyl groups excluding tert-OH is 1. The van der Waals surface area contributed by atoms with Gasteiger partial charge in [-0.25, -0.2) is 9.97 Å². The maximum atomic E-state index is 11.8. The highest BCUT2D eigenvalue weighted by Crippen LogP contribution is 2.37. The van der Waals surface area contributed by atoms with Crippen molar-refractivity contribution in [1.82, 2.24) is 19.9 Å². The second kappa shape index (κ2) is 25.2. The predicted octanol–water partition coefficient (Wildman–Crippen LogP) is 6.38. The molecule has 0 aliphatic carbocycles. The molecule has 0 saturated heterocycles. The van der Waals surface area contributed by atoms with E-state index in [-0.39, 0.29) is 60.9 Å². The molecule has 16 nitrogen and oxygen atoms in total. The number of carbonyl (C=O) groups excluding carboxylic acids is 1. The minimum atomic E-state index is -1.80. The van der Waals surface area contributed by atoms with E-state index in [4.69, 9.17) is 35.2 Å². The van der Waals surface area contributed by atoms with Crippen LogP contribution in [0.1, 0.15) is 117 Å². The average molecular weight is 795 g/mol. The zero-order valence-electron chi connectivity index (χ0n) is 35.0. The molecule has 0 unspecified atom stereocenters. The molecular weight excluding hydrogens is 725 g/mol. The Morgan fingerprint density at radius 1 is 0.782 bits per heavy atom. The highest BCUT2D eigenvalue weighted by atomic mass is 28.4. The molecule has 0 spiro atoms. The van der Waals surface area contributed by atoms with Gasteiger partial charge >= 0.3 is 11.9 Å². The lowest BCUT2D eigenvalue weighted by molar-refractivity contribution is -0.143. The first-order valence-electron chi connectivity index (χ1n) is 19.5. The van der Waals surface area contributed by atoms with Gasteiger partial charge in [0.15, 0.2) is 31.5 Å². The zero-order chi connectivity index (χ0) is 41.6. The maximum Gasteiger partial charge on any atom is 0.306 e. The number of nitrogens with one attached hydrogen (secondary N) is 2. The number of nitrogens with two attached hydrogens (primary N) is 2. The molecule has 0 amide bonds. The summed E-state index contributed by atoms with van der Waals surface area (Å²) in [6.45, 7) is 18.5. The van der Waals surface area contributed by atoms with E-state index in [9.17, 15) is 14.7 Å². The van der Waals surface area contributed by atoms with Crippen LogP contribution in [-0.2, 0) is 31.6 Å². The van der Waals surface area contributed by atoms with Crippen LogP contribution in [0.5, 0.6) is 11.5 Å². The molecule has 2 heterocycles. The van der Waals surface area contributed by atoms with E-state index in [2.05, 4.69) is 78.3 Å². The first-order valence-corrected chi connectivity index (χ1v) is 22.4. The Bertz CT molecular complexity index is 1440. The first kappa shape index (κ1) is 49.1. The molecule has 55 heavy (non-hydrogen) atoms. The number of aliphatic hydroxyl groups is 1. The van der Waals surface area contributed by atoms with Crippen LogP contribution in [0, 0.1) is 0 Å². The van der Waals surface area contributed by atoms with E-state index in [1.807, 2.05) is 0 Å². The lowest BCUT2D eigenvalue weighted by atomic mass is 10.1. The van der Waals surface area contributed by atoms with Crippen molar-refractivity contribution in [1.29, 1.82) is 0 Å². The normalized spacial score (nSPS) is 12.6. The number of rotatable bonds is 25. The Labute approximate surface area is 329 Å². The molecule has 0 aliphatic rings. The third-order valence-electron chi connectivity index (χ3n) is 9.47. The molecule has 2 rings (SSSR count). The van der Waals surface area contributed by atoms with Gasteiger partial charge in [-0.05, 0) is 50.7 Å². The van der Waals surface area contributed by atoms with Gasteiger partial charge in [0.2, 0.25) is 11.9 Å². The topological polar surface area (TPSA) is 239 Å². The van der Waals surface area contributed by atoms with Crippen LogP contribution in [0.25, 0.3) is 0 Å². The summed E-state index contributed by atoms with van der Waals surface area (Å²) < 4.78 is 22.4. The number of carboxylic acid groups (broad SMARTS) is 1. The number of esters is 1. The maximum absolute atomic E-state index is 11.8. The van der Waals surface area contributed by atoms with Crippen LogP contribution in [0.4, 0.5) is 23.5 Å². The SMILES string of the molecule is CCCC[C@@H](CCO)Nc1nc(N)nc(CCC(=O)O)c1OC.CCCC[C@@H](CCO[Si](C)(C)C(C)(C)C)Nc1nc(N)nc(CCC(=O)OCC)c1OC. The number of aromatic nitrogens is 4. The fourth-order valence-electron chi connectivity index (χ4n) is 5.37. The second-order valence-corrected chi connectivity index (χ2v) is 19.7. The first-order chi connectivity index (χ1) is 26.0. The van der Waals surface area contributed by atoms with Crippen LogP contribution in [0.3, 0.4) is 0 Å². The Morgan fingerprint density at radius 3 is 1.65 bits per heavy atom. The summed E-state index contributed by atoms with van der Waals surface area (Å²) in [5.41, 5.74) is 12.8. The van der Waals surface area contributed by atoms with Gasteiger partial charge in [0.05, 0.1) is 45.1 Å². The van der Waals surface area contributed by atoms with Gasteiger partial charge in [-0.2, -0.15) is 9.97 Å². The quantitative estimate of drug-likeness (QED) is 0.0472. The molecule has 17 heteroatoms. The van der Waals surface area contributed by atoms with Crippen LogP contribution >= 0.6 is 0 Å². The van der Waals surface area contributed by atoms with Crippen molar-refractivity contribution >= 4 is 43.8 Å². The summed E-state index contributed by atoms with van der Waals surface area (Å²) >= 11 is 0. The van der Waals surface area contributed by atoms with E-state index < -0.39 is 14.3 Å². The largest absolute Gasteiger partial charge is 0.491 e. The van der Waals surface area contributed by atoms with Crippen molar-refractivity contribution in [3.8, 4) is 11.5 Å². The minimum Gasteiger partial charge on any atom is -0.491 e. The van der Waals surface area contributed by atoms with Crippen molar-refractivity contribution in [2.24, 2.45) is 0 Å². The Morgan fingerprint density at radius 2 is 1.25 bits per heavy atom. The molecule has 2 aromatic heterocycles. The highest BCUT2D eigenvalue weighted by Gasteiger charge is 2.37. The second-order valence-electron chi connectivity index (χ2n) is 14.9. The fraction of sp³-hybridized carbons (Fsp3) is 0.737. The number of aliphatic carboxylic acids is 1. The van der Waals surface area contributed by atoms with Gasteiger partial charge in [0.25, 0.3) is 0 Å². The number of ether oxygens (including phenoxy) is 3. The lowest BCUT2D eigenvalue weighted by Gasteiger charge is -2.36. The van der Waals surface area contributed by atoms with Crippen molar-refractivity contribution in [2.75, 3.05) is 56.1 Å². The van der Waals surface area contributed by atoms with Crippen molar-refractivity contribution in [3.05, 3.63) is 11.4 Å². The number of nitrogen functional groups attached to an aromatic ring is 2. The van der Waals surface area contributed by atoms with Crippen molar-refractivity contribution in [2.45, 2.75) is 149 Å². The number of anilines is 4. The summed E-state index contributed by atoms with van der Waals surface area (Å²) in [5.74, 6) is 0.952. The molecule has 8 N–H and O–H groups in total. The molecule has 0 aliphatic heterocycles. The van der Waals surface area contributed by atoms with E-state index in [0.717, 1.165) is 44.9 Å². The molecule has 2 atom stereocenters. The summed E-state index contributed by atoms with van der Waals surface area (Å²) in [4.78, 5) is 39.5. The lowest BCUT2D eigenvalue weighted by Crippen LogP contribution is -2.41. The Kier molecular flexibility index (Phi) is 22.5. The van der Waals surface area contributed by atoms with E-state index in [0.29, 0.717) is 60.6 Å². The van der Waals surface area contributed by atoms with Gasteiger partial charge in [0, 0.05) is 38.1 Å². The summed E-state index contributed by atoms with van der Waals surface area (Å²) in [6, 6.07) is 0.205. The van der Waals surface area contributed by atoms with Crippen LogP contribution < -0.4 is 31.6 Å². The smallest absolute Gasteiger partial charge is 0.306 e. The van der Waals surface area contributed by atoms with Crippen LogP contribution in [0.15, 0.2) is 0 Å². The van der Waals surface area contributed by atoms with Crippen molar-refractivity contribution in [3.63, 3.8) is 0 Å². The number of nitrogens with zero attached hydrogens (tertiary/aromatic N) is 4. The monoisotopic (exact) mass is 795 g/mol. The molecule has 0 saturated carbocycles. The molecule has 314 valence electrons. The number of hydrogen-bond acceptors (Lipinski definition) is 15. The number of carboxylic acids is 1. The third-order valence-corrected chi connectivity index (χ3v) is 14.0. The molecule has 0 aromatic carbocycles. The van der Waals surface area contributed by atoms with Gasteiger partial charge in [-0.1, -0.05) is 60.3 Å². The fourth-order valence-corrected chi connectivity index (χ4v) is 6.43. The summed E-state index contributed by atoms with van der Waals surface area (Å²) in [5, 5.41) is 25.0. The highest BCUT2D eigenvalue weighted by molar-refractivity contribution is 6.74. The third kappa shape index (κ3) is 18.0. The standard InChI is InChI=1S/C23H44N4O4Si.C15H26N4O4/c1-9-11-12-17(15-16-31-32(7,8)23(3,4)5)25-21-20(29-6)18(26-22(24)27-21)13-14-19(28)30-10-2;1-3-4-5-10(8-9-20)17-14-13(23-2)11(6-7-12(21)22)18-15(16)19-14/h17H,9-16H2,1-8H3,(H3,24,25,26,27);10,20H,3-9H2,1-2H3,(H,21,22)(H3,16,17,18,19)/t17-;10-/m00/s1. The molecule has 0 bridgehead atoms. The number of aryl methyl sites for hydroxylation is 2. The molecule has 0 radical (unpaired) electrons. The molecular formula is C38H70N8O8Si. The summed E-state index contributed by atoms with van der Waals surface area (Å²) in [6.07, 6.45) is 8.31. The van der Waals surface area contributed by atoms with Crippen molar-refractivity contribution < 1.29 is 38.4 Å². The van der Waals surface area contributed by atoms with Crippen LogP contribution in [-0.4, -0.2) is 96.5 Å². The van der Waals surface area contributed by atoms with Crippen LogP contribution in [0.2, 0.25) is 18.1 Å². The molecule has 0 fully saturated rings. The van der Waals surface area contributed by atoms with E-state index in [1.54, 1.807) is 14.0 Å². The predicted molar refractivity (Wildman–Crippen MR) is 220 cm³/mol. The van der Waals surface area contributed by atoms with Gasteiger partial charge < -0.3 is 51.0 Å². The summed E-state index contributed by atoms with van der Waals surface area (Å²) in [7, 11) is 1.26. The molecule has 2 aromatic rings. The minimum absolute atomic E-state index is 0.0375.